The van der Waals surface area contributed by atoms with Crippen LogP contribution in [0.3, 0.4) is 0 Å². The van der Waals surface area contributed by atoms with Crippen LogP contribution >= 0.6 is 0 Å². The molecule has 1 aromatic carbocycles. The Morgan fingerprint density at radius 1 is 1.10 bits per heavy atom. The number of primary amides is 1. The summed E-state index contributed by atoms with van der Waals surface area (Å²) in [7, 11) is 0. The Morgan fingerprint density at radius 2 is 1.81 bits per heavy atom. The molecule has 6 nitrogen and oxygen atoms in total. The number of aromatic nitrogens is 1. The smallest absolute Gasteiger partial charge is 0.252 e. The molecule has 0 unspecified atom stereocenters. The van der Waals surface area contributed by atoms with Crippen LogP contribution in [0.1, 0.15) is 20.7 Å². The van der Waals surface area contributed by atoms with Crippen LogP contribution in [0.5, 0.6) is 0 Å². The normalized spacial score (nSPS) is 10.1. The van der Waals surface area contributed by atoms with Gasteiger partial charge in [-0.25, -0.2) is 0 Å². The molecule has 0 atom stereocenters. The molecule has 108 valence electrons. The predicted molar refractivity (Wildman–Crippen MR) is 77.6 cm³/mol. The van der Waals surface area contributed by atoms with Crippen molar-refractivity contribution in [2.45, 2.75) is 0 Å². The third-order valence-electron chi connectivity index (χ3n) is 2.90. The fourth-order valence-corrected chi connectivity index (χ4v) is 1.82. The zero-order valence-electron chi connectivity index (χ0n) is 11.2. The highest BCUT2D eigenvalue weighted by atomic mass is 16.3. The van der Waals surface area contributed by atoms with Crippen LogP contribution in [0.4, 0.5) is 0 Å². The van der Waals surface area contributed by atoms with Gasteiger partial charge in [-0.05, 0) is 23.8 Å². The number of rotatable bonds is 5. The molecule has 0 bridgehead atoms. The van der Waals surface area contributed by atoms with Gasteiger partial charge in [-0.2, -0.15) is 0 Å². The van der Waals surface area contributed by atoms with Gasteiger partial charge in [0, 0.05) is 30.1 Å². The summed E-state index contributed by atoms with van der Waals surface area (Å²) in [5.41, 5.74) is 7.59. The summed E-state index contributed by atoms with van der Waals surface area (Å²) in [6.07, 6.45) is 3.08. The molecule has 2 rings (SSSR count). The third kappa shape index (κ3) is 3.64. The van der Waals surface area contributed by atoms with Crippen molar-refractivity contribution in [1.29, 1.82) is 0 Å². The quantitative estimate of drug-likeness (QED) is 0.746. The molecule has 0 fully saturated rings. The van der Waals surface area contributed by atoms with Gasteiger partial charge in [-0.3, -0.25) is 14.6 Å². The number of nitrogens with two attached hydrogens (primary N) is 1. The van der Waals surface area contributed by atoms with Gasteiger partial charge >= 0.3 is 0 Å². The number of carbonyl (C=O) groups is 2. The van der Waals surface area contributed by atoms with Crippen molar-refractivity contribution in [1.82, 2.24) is 10.3 Å². The van der Waals surface area contributed by atoms with Crippen LogP contribution in [0, 0.1) is 0 Å². The SMILES string of the molecule is NC(=O)c1ccc(-c2cncc(C(=O)NCCO)c2)cc1. The molecular weight excluding hydrogens is 270 g/mol. The lowest BCUT2D eigenvalue weighted by Gasteiger charge is -2.06. The van der Waals surface area contributed by atoms with Crippen molar-refractivity contribution in [2.24, 2.45) is 5.73 Å². The van der Waals surface area contributed by atoms with E-state index >= 15 is 0 Å². The Labute approximate surface area is 121 Å². The third-order valence-corrected chi connectivity index (χ3v) is 2.90. The summed E-state index contributed by atoms with van der Waals surface area (Å²) < 4.78 is 0. The number of pyridine rings is 1. The second-order valence-corrected chi connectivity index (χ2v) is 4.38. The minimum atomic E-state index is -0.489. The largest absolute Gasteiger partial charge is 0.395 e. The molecular formula is C15H15N3O3. The first-order valence-electron chi connectivity index (χ1n) is 6.36. The molecule has 1 heterocycles. The van der Waals surface area contributed by atoms with Crippen LogP contribution in [0.25, 0.3) is 11.1 Å². The van der Waals surface area contributed by atoms with Crippen molar-refractivity contribution < 1.29 is 14.7 Å². The van der Waals surface area contributed by atoms with Gasteiger partial charge in [0.05, 0.1) is 12.2 Å². The van der Waals surface area contributed by atoms with E-state index in [9.17, 15) is 9.59 Å². The fraction of sp³-hybridized carbons (Fsp3) is 0.133. The highest BCUT2D eigenvalue weighted by Crippen LogP contribution is 2.20. The van der Waals surface area contributed by atoms with Crippen molar-refractivity contribution >= 4 is 11.8 Å². The Hall–Kier alpha value is -2.73. The molecule has 0 aliphatic rings. The number of nitrogens with zero attached hydrogens (tertiary/aromatic N) is 1. The van der Waals surface area contributed by atoms with E-state index in [0.29, 0.717) is 11.1 Å². The van der Waals surface area contributed by atoms with Gasteiger partial charge in [0.15, 0.2) is 0 Å². The summed E-state index contributed by atoms with van der Waals surface area (Å²) in [6.45, 7) is 0.0732. The van der Waals surface area contributed by atoms with E-state index in [0.717, 1.165) is 11.1 Å². The van der Waals surface area contributed by atoms with Gasteiger partial charge in [0.1, 0.15) is 0 Å². The molecule has 4 N–H and O–H groups in total. The van der Waals surface area contributed by atoms with Crippen LogP contribution < -0.4 is 11.1 Å². The molecule has 0 radical (unpaired) electrons. The number of hydrogen-bond donors (Lipinski definition) is 3. The minimum Gasteiger partial charge on any atom is -0.395 e. The summed E-state index contributed by atoms with van der Waals surface area (Å²) >= 11 is 0. The summed E-state index contributed by atoms with van der Waals surface area (Å²) in [5.74, 6) is -0.788. The van der Waals surface area contributed by atoms with E-state index in [1.165, 1.54) is 6.20 Å². The lowest BCUT2D eigenvalue weighted by atomic mass is 10.0. The summed E-state index contributed by atoms with van der Waals surface area (Å²) in [6, 6.07) is 8.42. The summed E-state index contributed by atoms with van der Waals surface area (Å²) in [4.78, 5) is 26.9. The molecule has 2 amide bonds. The van der Waals surface area contributed by atoms with Crippen LogP contribution in [-0.2, 0) is 0 Å². The zero-order chi connectivity index (χ0) is 15.2. The van der Waals surface area contributed by atoms with Crippen molar-refractivity contribution in [3.8, 4) is 11.1 Å². The van der Waals surface area contributed by atoms with E-state index in [4.69, 9.17) is 10.8 Å². The minimum absolute atomic E-state index is 0.118. The number of benzene rings is 1. The maximum absolute atomic E-state index is 11.8. The van der Waals surface area contributed by atoms with Gasteiger partial charge in [0.25, 0.3) is 5.91 Å². The Bertz CT molecular complexity index is 653. The number of carbonyl (C=O) groups excluding carboxylic acids is 2. The van der Waals surface area contributed by atoms with Gasteiger partial charge in [0.2, 0.25) is 5.91 Å². The van der Waals surface area contributed by atoms with E-state index in [1.807, 2.05) is 0 Å². The first-order chi connectivity index (χ1) is 10.1. The predicted octanol–water partition coefficient (Wildman–Crippen LogP) is 0.570. The number of aliphatic hydroxyl groups is 1. The molecule has 0 saturated heterocycles. The molecule has 0 aliphatic carbocycles. The lowest BCUT2D eigenvalue weighted by molar-refractivity contribution is 0.0943. The molecule has 0 aliphatic heterocycles. The number of aliphatic hydroxyl groups excluding tert-OH is 1. The Morgan fingerprint density at radius 3 is 2.43 bits per heavy atom. The van der Waals surface area contributed by atoms with Crippen LogP contribution in [0.2, 0.25) is 0 Å². The van der Waals surface area contributed by atoms with E-state index < -0.39 is 5.91 Å². The zero-order valence-corrected chi connectivity index (χ0v) is 11.2. The first-order valence-corrected chi connectivity index (χ1v) is 6.36. The highest BCUT2D eigenvalue weighted by molar-refractivity contribution is 5.95. The molecule has 21 heavy (non-hydrogen) atoms. The second kappa shape index (κ2) is 6.62. The van der Waals surface area contributed by atoms with Crippen LogP contribution in [0.15, 0.2) is 42.7 Å². The molecule has 6 heteroatoms. The average Bonchev–Trinajstić information content (AvgIpc) is 2.52. The maximum Gasteiger partial charge on any atom is 0.252 e. The number of nitrogens with one attached hydrogen (secondary N) is 1. The average molecular weight is 285 g/mol. The lowest BCUT2D eigenvalue weighted by Crippen LogP contribution is -2.26. The Kier molecular flexibility index (Phi) is 4.63. The fourth-order valence-electron chi connectivity index (χ4n) is 1.82. The van der Waals surface area contributed by atoms with Gasteiger partial charge in [-0.1, -0.05) is 12.1 Å². The van der Waals surface area contributed by atoms with Gasteiger partial charge in [-0.15, -0.1) is 0 Å². The second-order valence-electron chi connectivity index (χ2n) is 4.38. The maximum atomic E-state index is 11.8. The number of hydrogen-bond acceptors (Lipinski definition) is 4. The first kappa shape index (κ1) is 14.7. The van der Waals surface area contributed by atoms with E-state index in [1.54, 1.807) is 36.5 Å². The Balaban J connectivity index is 2.24. The molecule has 0 spiro atoms. The van der Waals surface area contributed by atoms with Crippen LogP contribution in [-0.4, -0.2) is 35.1 Å². The monoisotopic (exact) mass is 285 g/mol. The van der Waals surface area contributed by atoms with E-state index in [2.05, 4.69) is 10.3 Å². The molecule has 2 aromatic rings. The van der Waals surface area contributed by atoms with Crippen molar-refractivity contribution in [3.05, 3.63) is 53.9 Å². The van der Waals surface area contributed by atoms with Crippen molar-refractivity contribution in [2.75, 3.05) is 13.2 Å². The topological polar surface area (TPSA) is 105 Å². The highest BCUT2D eigenvalue weighted by Gasteiger charge is 2.08. The molecule has 0 saturated carbocycles. The number of amides is 2. The summed E-state index contributed by atoms with van der Waals surface area (Å²) in [5, 5.41) is 11.3. The van der Waals surface area contributed by atoms with E-state index in [-0.39, 0.29) is 19.1 Å². The standard InChI is InChI=1S/C15H15N3O3/c16-14(20)11-3-1-10(2-4-11)12-7-13(9-17-8-12)15(21)18-5-6-19/h1-4,7-9,19H,5-6H2,(H2,16,20)(H,18,21). The van der Waals surface area contributed by atoms with Crippen molar-refractivity contribution in [3.63, 3.8) is 0 Å². The van der Waals surface area contributed by atoms with Gasteiger partial charge < -0.3 is 16.2 Å². The molecule has 1 aromatic heterocycles.